The normalized spacial score (nSPS) is 20.3. The molecule has 1 N–H and O–H groups in total. The van der Waals surface area contributed by atoms with Gasteiger partial charge >= 0.3 is 12.1 Å². The van der Waals surface area contributed by atoms with Crippen LogP contribution in [0.15, 0.2) is 24.3 Å². The number of benzene rings is 1. The second kappa shape index (κ2) is 7.21. The molecule has 1 heterocycles. The van der Waals surface area contributed by atoms with Gasteiger partial charge in [-0.15, -0.1) is 0 Å². The molecule has 0 aliphatic carbocycles. The highest BCUT2D eigenvalue weighted by atomic mass is 16.6. The molecule has 2 rings (SSSR count). The van der Waals surface area contributed by atoms with Gasteiger partial charge in [0.15, 0.2) is 0 Å². The van der Waals surface area contributed by atoms with Crippen molar-refractivity contribution in [2.24, 2.45) is 0 Å². The van der Waals surface area contributed by atoms with E-state index in [2.05, 4.69) is 0 Å². The van der Waals surface area contributed by atoms with Crippen LogP contribution >= 0.6 is 0 Å². The molecule has 0 bridgehead atoms. The molecule has 1 aliphatic heterocycles. The molecule has 0 aromatic heterocycles. The summed E-state index contributed by atoms with van der Waals surface area (Å²) in [5.74, 6) is -0.412. The predicted molar refractivity (Wildman–Crippen MR) is 94.2 cm³/mol. The van der Waals surface area contributed by atoms with Crippen molar-refractivity contribution in [3.63, 3.8) is 0 Å². The van der Waals surface area contributed by atoms with Crippen LogP contribution in [-0.4, -0.2) is 60.5 Å². The number of aliphatic carboxylic acids is 1. The van der Waals surface area contributed by atoms with E-state index in [0.29, 0.717) is 5.75 Å². The van der Waals surface area contributed by atoms with Gasteiger partial charge in [0, 0.05) is 32.3 Å². The number of carbonyl (C=O) groups excluding carboxylic acids is 1. The topological polar surface area (TPSA) is 79.3 Å². The SMILES string of the molecule is CN(C)c1cccc(O[C@@H]2C[C@@H](C(=O)O)N(C(=O)OC(C)(C)C)C2)c1. The van der Waals surface area contributed by atoms with Gasteiger partial charge in [-0.1, -0.05) is 6.07 Å². The average molecular weight is 350 g/mol. The van der Waals surface area contributed by atoms with Crippen molar-refractivity contribution in [3.8, 4) is 5.75 Å². The summed E-state index contributed by atoms with van der Waals surface area (Å²) in [4.78, 5) is 27.0. The number of likely N-dealkylation sites (tertiary alicyclic amines) is 1. The number of carboxylic acid groups (broad SMARTS) is 1. The minimum atomic E-state index is -1.06. The fourth-order valence-electron chi connectivity index (χ4n) is 2.67. The van der Waals surface area contributed by atoms with Gasteiger partial charge in [0.2, 0.25) is 0 Å². The minimum absolute atomic E-state index is 0.179. The van der Waals surface area contributed by atoms with Crippen molar-refractivity contribution >= 4 is 17.7 Å². The molecule has 0 unspecified atom stereocenters. The lowest BCUT2D eigenvalue weighted by Gasteiger charge is -2.26. The first kappa shape index (κ1) is 18.9. The maximum absolute atomic E-state index is 12.3. The number of hydrogen-bond acceptors (Lipinski definition) is 5. The van der Waals surface area contributed by atoms with E-state index in [1.807, 2.05) is 43.3 Å². The van der Waals surface area contributed by atoms with Gasteiger partial charge < -0.3 is 19.5 Å². The fourth-order valence-corrected chi connectivity index (χ4v) is 2.67. The molecule has 2 atom stereocenters. The Bertz CT molecular complexity index is 639. The van der Waals surface area contributed by atoms with E-state index in [1.165, 1.54) is 4.90 Å². The number of hydrogen-bond donors (Lipinski definition) is 1. The van der Waals surface area contributed by atoms with Crippen molar-refractivity contribution in [2.45, 2.75) is 44.9 Å². The highest BCUT2D eigenvalue weighted by Gasteiger charge is 2.42. The van der Waals surface area contributed by atoms with Crippen molar-refractivity contribution in [2.75, 3.05) is 25.5 Å². The Morgan fingerprint density at radius 3 is 2.52 bits per heavy atom. The second-order valence-electron chi connectivity index (χ2n) is 7.35. The summed E-state index contributed by atoms with van der Waals surface area (Å²) in [6.07, 6.45) is -0.806. The Morgan fingerprint density at radius 1 is 1.28 bits per heavy atom. The molecular formula is C18H26N2O5. The van der Waals surface area contributed by atoms with Crippen LogP contribution in [0.4, 0.5) is 10.5 Å². The van der Waals surface area contributed by atoms with E-state index in [9.17, 15) is 14.7 Å². The zero-order valence-corrected chi connectivity index (χ0v) is 15.4. The van der Waals surface area contributed by atoms with E-state index in [0.717, 1.165) is 5.69 Å². The molecule has 0 spiro atoms. The number of nitrogens with zero attached hydrogens (tertiary/aromatic N) is 2. The summed E-state index contributed by atoms with van der Waals surface area (Å²) >= 11 is 0. The van der Waals surface area contributed by atoms with E-state index in [-0.39, 0.29) is 13.0 Å². The Morgan fingerprint density at radius 2 is 1.96 bits per heavy atom. The molecule has 138 valence electrons. The van der Waals surface area contributed by atoms with Gasteiger partial charge in [-0.2, -0.15) is 0 Å². The van der Waals surface area contributed by atoms with Crippen LogP contribution < -0.4 is 9.64 Å². The lowest BCUT2D eigenvalue weighted by Crippen LogP contribution is -2.43. The van der Waals surface area contributed by atoms with Crippen molar-refractivity contribution in [1.29, 1.82) is 0 Å². The van der Waals surface area contributed by atoms with Gasteiger partial charge in [-0.25, -0.2) is 9.59 Å². The summed E-state index contributed by atoms with van der Waals surface area (Å²) in [7, 11) is 3.86. The van der Waals surface area contributed by atoms with Crippen LogP contribution in [-0.2, 0) is 9.53 Å². The van der Waals surface area contributed by atoms with Crippen LogP contribution in [0.2, 0.25) is 0 Å². The molecular weight excluding hydrogens is 324 g/mol. The molecule has 25 heavy (non-hydrogen) atoms. The number of ether oxygens (including phenoxy) is 2. The zero-order valence-electron chi connectivity index (χ0n) is 15.4. The molecule has 1 saturated heterocycles. The minimum Gasteiger partial charge on any atom is -0.488 e. The quantitative estimate of drug-likeness (QED) is 0.899. The van der Waals surface area contributed by atoms with E-state index in [4.69, 9.17) is 9.47 Å². The van der Waals surface area contributed by atoms with Crippen LogP contribution in [0.1, 0.15) is 27.2 Å². The van der Waals surface area contributed by atoms with Crippen molar-refractivity contribution in [1.82, 2.24) is 4.90 Å². The Kier molecular flexibility index (Phi) is 5.45. The molecule has 0 saturated carbocycles. The maximum Gasteiger partial charge on any atom is 0.411 e. The summed E-state index contributed by atoms with van der Waals surface area (Å²) in [6, 6.07) is 6.58. The largest absolute Gasteiger partial charge is 0.488 e. The van der Waals surface area contributed by atoms with E-state index >= 15 is 0 Å². The fraction of sp³-hybridized carbons (Fsp3) is 0.556. The molecule has 1 aromatic rings. The van der Waals surface area contributed by atoms with Gasteiger partial charge in [0.05, 0.1) is 6.54 Å². The first-order valence-corrected chi connectivity index (χ1v) is 8.23. The standard InChI is InChI=1S/C18H26N2O5/c1-18(2,3)25-17(23)20-11-14(10-15(20)16(21)22)24-13-8-6-7-12(9-13)19(4)5/h6-9,14-15H,10-11H2,1-5H3,(H,21,22)/t14-,15+/m1/s1. The molecule has 1 fully saturated rings. The Labute approximate surface area is 148 Å². The van der Waals surface area contributed by atoms with Crippen LogP contribution in [0.25, 0.3) is 0 Å². The maximum atomic E-state index is 12.3. The molecule has 0 radical (unpaired) electrons. The summed E-state index contributed by atoms with van der Waals surface area (Å²) < 4.78 is 11.2. The third-order valence-corrected chi connectivity index (χ3v) is 3.81. The predicted octanol–water partition coefficient (Wildman–Crippen LogP) is 2.59. The molecule has 1 aromatic carbocycles. The lowest BCUT2D eigenvalue weighted by atomic mass is 10.2. The molecule has 1 amide bonds. The third-order valence-electron chi connectivity index (χ3n) is 3.81. The van der Waals surface area contributed by atoms with E-state index < -0.39 is 29.8 Å². The number of amides is 1. The van der Waals surface area contributed by atoms with Gasteiger partial charge in [-0.05, 0) is 32.9 Å². The highest BCUT2D eigenvalue weighted by molar-refractivity contribution is 5.81. The number of carboxylic acids is 1. The smallest absolute Gasteiger partial charge is 0.411 e. The molecule has 7 nitrogen and oxygen atoms in total. The van der Waals surface area contributed by atoms with Crippen LogP contribution in [0.3, 0.4) is 0 Å². The van der Waals surface area contributed by atoms with Crippen LogP contribution in [0.5, 0.6) is 5.75 Å². The van der Waals surface area contributed by atoms with Gasteiger partial charge in [0.25, 0.3) is 0 Å². The average Bonchev–Trinajstić information content (AvgIpc) is 2.90. The Hall–Kier alpha value is -2.44. The summed E-state index contributed by atoms with van der Waals surface area (Å²) in [5.41, 5.74) is 0.299. The highest BCUT2D eigenvalue weighted by Crippen LogP contribution is 2.27. The number of rotatable bonds is 4. The van der Waals surface area contributed by atoms with Crippen molar-refractivity contribution in [3.05, 3.63) is 24.3 Å². The van der Waals surface area contributed by atoms with Crippen LogP contribution in [0, 0.1) is 0 Å². The Balaban J connectivity index is 2.10. The molecule has 7 heteroatoms. The summed E-state index contributed by atoms with van der Waals surface area (Å²) in [6.45, 7) is 5.42. The van der Waals surface area contributed by atoms with Gasteiger partial charge in [-0.3, -0.25) is 4.90 Å². The summed E-state index contributed by atoms with van der Waals surface area (Å²) in [5, 5.41) is 9.42. The first-order chi connectivity index (χ1) is 11.6. The third kappa shape index (κ3) is 5.01. The second-order valence-corrected chi connectivity index (χ2v) is 7.35. The monoisotopic (exact) mass is 350 g/mol. The van der Waals surface area contributed by atoms with Gasteiger partial charge in [0.1, 0.15) is 23.5 Å². The van der Waals surface area contributed by atoms with E-state index in [1.54, 1.807) is 20.8 Å². The molecule has 1 aliphatic rings. The first-order valence-electron chi connectivity index (χ1n) is 8.23. The number of carbonyl (C=O) groups is 2. The zero-order chi connectivity index (χ0) is 18.8. The lowest BCUT2D eigenvalue weighted by molar-refractivity contribution is -0.142. The van der Waals surface area contributed by atoms with Crippen molar-refractivity contribution < 1.29 is 24.2 Å². The number of anilines is 1.